The minimum absolute atomic E-state index is 0.156. The molecule has 0 amide bonds. The summed E-state index contributed by atoms with van der Waals surface area (Å²) in [6.45, 7) is 11.3. The van der Waals surface area contributed by atoms with Crippen LogP contribution in [0.25, 0.3) is 0 Å². The van der Waals surface area contributed by atoms with Crippen LogP contribution in [0.15, 0.2) is 0 Å². The molecule has 1 aliphatic heterocycles. The molecule has 1 heterocycles. The van der Waals surface area contributed by atoms with Crippen molar-refractivity contribution in [3.63, 3.8) is 0 Å². The molecule has 0 aliphatic carbocycles. The summed E-state index contributed by atoms with van der Waals surface area (Å²) in [6, 6.07) is 0. The highest BCUT2D eigenvalue weighted by Crippen LogP contribution is 2.21. The highest BCUT2D eigenvalue weighted by molar-refractivity contribution is 7.99. The zero-order chi connectivity index (χ0) is 14.7. The summed E-state index contributed by atoms with van der Waals surface area (Å²) in [6.07, 6.45) is 1.38. The van der Waals surface area contributed by atoms with Crippen LogP contribution in [0.3, 0.4) is 0 Å². The molecule has 0 aromatic heterocycles. The first-order chi connectivity index (χ1) is 9.58. The van der Waals surface area contributed by atoms with Crippen LogP contribution >= 0.6 is 11.8 Å². The molecule has 0 saturated carbocycles. The van der Waals surface area contributed by atoms with Gasteiger partial charge in [-0.05, 0) is 17.6 Å². The first-order valence-electron chi connectivity index (χ1n) is 7.50. The highest BCUT2D eigenvalue weighted by Gasteiger charge is 2.13. The molecule has 5 heteroatoms. The van der Waals surface area contributed by atoms with Crippen LogP contribution in [-0.4, -0.2) is 63.9 Å². The molecular formula is C15H30O4S. The zero-order valence-electron chi connectivity index (χ0n) is 13.2. The van der Waals surface area contributed by atoms with E-state index in [1.54, 1.807) is 0 Å². The Bertz CT molecular complexity index is 218. The van der Waals surface area contributed by atoms with Crippen molar-refractivity contribution in [3.05, 3.63) is 0 Å². The van der Waals surface area contributed by atoms with Gasteiger partial charge in [-0.1, -0.05) is 20.8 Å². The molecule has 0 spiro atoms. The number of rotatable bonds is 4. The maximum absolute atomic E-state index is 5.84. The number of thioether (sulfide) groups is 1. The van der Waals surface area contributed by atoms with E-state index in [-0.39, 0.29) is 6.10 Å². The molecule has 1 unspecified atom stereocenters. The van der Waals surface area contributed by atoms with Gasteiger partial charge in [-0.2, -0.15) is 11.8 Å². The molecule has 1 atom stereocenters. The van der Waals surface area contributed by atoms with Gasteiger partial charge in [0, 0.05) is 5.75 Å². The summed E-state index contributed by atoms with van der Waals surface area (Å²) in [5, 5.41) is 0. The molecule has 4 nitrogen and oxygen atoms in total. The average Bonchev–Trinajstić information content (AvgIpc) is 2.36. The van der Waals surface area contributed by atoms with Crippen molar-refractivity contribution < 1.29 is 18.9 Å². The van der Waals surface area contributed by atoms with Crippen molar-refractivity contribution in [2.45, 2.75) is 33.3 Å². The third-order valence-electron chi connectivity index (χ3n) is 2.93. The second-order valence-electron chi connectivity index (χ2n) is 6.18. The van der Waals surface area contributed by atoms with Gasteiger partial charge in [0.2, 0.25) is 0 Å². The Morgan fingerprint density at radius 2 is 1.50 bits per heavy atom. The fourth-order valence-electron chi connectivity index (χ4n) is 1.67. The fourth-order valence-corrected chi connectivity index (χ4v) is 3.04. The van der Waals surface area contributed by atoms with E-state index >= 15 is 0 Å². The molecule has 0 radical (unpaired) electrons. The minimum atomic E-state index is 0.156. The van der Waals surface area contributed by atoms with Crippen LogP contribution in [0.4, 0.5) is 0 Å². The second kappa shape index (κ2) is 10.9. The van der Waals surface area contributed by atoms with Gasteiger partial charge < -0.3 is 18.9 Å². The molecule has 120 valence electrons. The van der Waals surface area contributed by atoms with Crippen LogP contribution in [-0.2, 0) is 18.9 Å². The Kier molecular flexibility index (Phi) is 9.90. The van der Waals surface area contributed by atoms with Gasteiger partial charge in [-0.3, -0.25) is 0 Å². The molecular weight excluding hydrogens is 276 g/mol. The summed E-state index contributed by atoms with van der Waals surface area (Å²) < 4.78 is 22.3. The summed E-state index contributed by atoms with van der Waals surface area (Å²) >= 11 is 1.95. The van der Waals surface area contributed by atoms with Gasteiger partial charge in [-0.25, -0.2) is 0 Å². The van der Waals surface area contributed by atoms with Crippen molar-refractivity contribution >= 4 is 11.8 Å². The standard InChI is InChI=1S/C15H30O4S/c1-15(2,3)4-11-20-13-14-12-18-8-7-16-5-6-17-9-10-19-14/h14H,4-13H2,1-3H3. The van der Waals surface area contributed by atoms with Gasteiger partial charge in [-0.15, -0.1) is 0 Å². The Hall–Kier alpha value is 0.190. The predicted molar refractivity (Wildman–Crippen MR) is 83.6 cm³/mol. The lowest BCUT2D eigenvalue weighted by Gasteiger charge is -2.21. The van der Waals surface area contributed by atoms with E-state index in [4.69, 9.17) is 18.9 Å². The predicted octanol–water partition coefficient (Wildman–Crippen LogP) is 2.60. The van der Waals surface area contributed by atoms with Gasteiger partial charge in [0.1, 0.15) is 0 Å². The third-order valence-corrected chi connectivity index (χ3v) is 4.03. The number of ether oxygens (including phenoxy) is 4. The van der Waals surface area contributed by atoms with Crippen LogP contribution in [0.1, 0.15) is 27.2 Å². The lowest BCUT2D eigenvalue weighted by Crippen LogP contribution is -2.27. The lowest BCUT2D eigenvalue weighted by molar-refractivity contribution is -0.0593. The first-order valence-corrected chi connectivity index (χ1v) is 8.66. The summed E-state index contributed by atoms with van der Waals surface area (Å²) in [5.41, 5.74) is 0.405. The molecule has 1 saturated heterocycles. The van der Waals surface area contributed by atoms with E-state index in [9.17, 15) is 0 Å². The quantitative estimate of drug-likeness (QED) is 0.746. The minimum Gasteiger partial charge on any atom is -0.377 e. The van der Waals surface area contributed by atoms with Crippen molar-refractivity contribution in [3.8, 4) is 0 Å². The van der Waals surface area contributed by atoms with Crippen molar-refractivity contribution in [2.24, 2.45) is 5.41 Å². The van der Waals surface area contributed by atoms with Crippen molar-refractivity contribution in [2.75, 3.05) is 57.8 Å². The van der Waals surface area contributed by atoms with Crippen molar-refractivity contribution in [1.29, 1.82) is 0 Å². The van der Waals surface area contributed by atoms with E-state index in [0.29, 0.717) is 51.7 Å². The molecule has 20 heavy (non-hydrogen) atoms. The van der Waals surface area contributed by atoms with E-state index in [0.717, 1.165) is 5.75 Å². The molecule has 1 rings (SSSR count). The zero-order valence-corrected chi connectivity index (χ0v) is 14.0. The summed E-state index contributed by atoms with van der Waals surface area (Å²) in [7, 11) is 0. The Balaban J connectivity index is 2.17. The maximum Gasteiger partial charge on any atom is 0.0899 e. The molecule has 1 aliphatic rings. The first kappa shape index (κ1) is 18.2. The smallest absolute Gasteiger partial charge is 0.0899 e. The fraction of sp³-hybridized carbons (Fsp3) is 1.00. The lowest BCUT2D eigenvalue weighted by atomic mass is 9.94. The molecule has 0 N–H and O–H groups in total. The Labute approximate surface area is 127 Å². The van der Waals surface area contributed by atoms with E-state index in [1.807, 2.05) is 11.8 Å². The van der Waals surface area contributed by atoms with Gasteiger partial charge >= 0.3 is 0 Å². The normalized spacial score (nSPS) is 23.9. The highest BCUT2D eigenvalue weighted by atomic mass is 32.2. The topological polar surface area (TPSA) is 36.9 Å². The van der Waals surface area contributed by atoms with Crippen LogP contribution < -0.4 is 0 Å². The van der Waals surface area contributed by atoms with Crippen LogP contribution in [0, 0.1) is 5.41 Å². The number of hydrogen-bond acceptors (Lipinski definition) is 5. The largest absolute Gasteiger partial charge is 0.377 e. The molecule has 0 bridgehead atoms. The van der Waals surface area contributed by atoms with E-state index in [2.05, 4.69) is 20.8 Å². The Morgan fingerprint density at radius 3 is 2.15 bits per heavy atom. The number of hydrogen-bond donors (Lipinski definition) is 0. The van der Waals surface area contributed by atoms with E-state index in [1.165, 1.54) is 12.2 Å². The third kappa shape index (κ3) is 10.9. The van der Waals surface area contributed by atoms with Crippen LogP contribution in [0.5, 0.6) is 0 Å². The van der Waals surface area contributed by atoms with Gasteiger partial charge in [0.25, 0.3) is 0 Å². The average molecular weight is 306 g/mol. The van der Waals surface area contributed by atoms with Gasteiger partial charge in [0.05, 0.1) is 52.4 Å². The molecule has 0 aromatic carbocycles. The van der Waals surface area contributed by atoms with Crippen molar-refractivity contribution in [1.82, 2.24) is 0 Å². The molecule has 0 aromatic rings. The monoisotopic (exact) mass is 306 g/mol. The van der Waals surface area contributed by atoms with Gasteiger partial charge in [0.15, 0.2) is 0 Å². The van der Waals surface area contributed by atoms with E-state index < -0.39 is 0 Å². The summed E-state index contributed by atoms with van der Waals surface area (Å²) in [5.74, 6) is 2.15. The second-order valence-corrected chi connectivity index (χ2v) is 7.33. The maximum atomic E-state index is 5.84. The summed E-state index contributed by atoms with van der Waals surface area (Å²) in [4.78, 5) is 0. The SMILES string of the molecule is CC(C)(C)CCSCC1COCCOCCOCCO1. The Morgan fingerprint density at radius 1 is 0.900 bits per heavy atom. The molecule has 1 fully saturated rings. The van der Waals surface area contributed by atoms with Crippen LogP contribution in [0.2, 0.25) is 0 Å².